The molecule has 0 bridgehead atoms. The smallest absolute Gasteiger partial charge is 0.421 e. The molecular formula is C13H20N2O2. The quantitative estimate of drug-likeness (QED) is 0.589. The number of rotatable bonds is 6. The maximum Gasteiger partial charge on any atom is 0.421 e. The van der Waals surface area contributed by atoms with Crippen LogP contribution in [0.25, 0.3) is 0 Å². The number of hydrogen-bond acceptors (Lipinski definition) is 3. The van der Waals surface area contributed by atoms with Gasteiger partial charge in [-0.05, 0) is 17.9 Å². The molecular weight excluding hydrogens is 216 g/mol. The zero-order valence-corrected chi connectivity index (χ0v) is 10.4. The number of benzene rings is 1. The van der Waals surface area contributed by atoms with Crippen LogP contribution in [0.5, 0.6) is 0 Å². The van der Waals surface area contributed by atoms with Crippen molar-refractivity contribution in [1.82, 2.24) is 10.9 Å². The largest absolute Gasteiger partial charge is 0.444 e. The maximum atomic E-state index is 11.3. The molecule has 0 heterocycles. The summed E-state index contributed by atoms with van der Waals surface area (Å²) in [4.78, 5) is 11.3. The van der Waals surface area contributed by atoms with Crippen molar-refractivity contribution in [2.45, 2.75) is 26.9 Å². The minimum Gasteiger partial charge on any atom is -0.444 e. The van der Waals surface area contributed by atoms with Crippen LogP contribution in [0.3, 0.4) is 0 Å². The molecule has 0 fully saturated rings. The summed E-state index contributed by atoms with van der Waals surface area (Å²) in [6.07, 6.45) is 0.566. The van der Waals surface area contributed by atoms with Crippen LogP contribution in [-0.4, -0.2) is 12.6 Å². The molecule has 1 amide bonds. The van der Waals surface area contributed by atoms with Gasteiger partial charge in [-0.1, -0.05) is 44.2 Å². The second-order valence-corrected chi connectivity index (χ2v) is 4.30. The van der Waals surface area contributed by atoms with Gasteiger partial charge in [-0.15, -0.1) is 0 Å². The Kier molecular flexibility index (Phi) is 6.10. The molecule has 0 aliphatic carbocycles. The Labute approximate surface area is 102 Å². The van der Waals surface area contributed by atoms with Crippen LogP contribution in [0.2, 0.25) is 0 Å². The van der Waals surface area contributed by atoms with Crippen molar-refractivity contribution in [3.63, 3.8) is 0 Å². The van der Waals surface area contributed by atoms with E-state index >= 15 is 0 Å². The summed E-state index contributed by atoms with van der Waals surface area (Å²) in [7, 11) is 0. The van der Waals surface area contributed by atoms with E-state index in [2.05, 4.69) is 24.7 Å². The third-order valence-electron chi connectivity index (χ3n) is 2.25. The van der Waals surface area contributed by atoms with Crippen LogP contribution in [0.4, 0.5) is 4.79 Å². The first kappa shape index (κ1) is 13.5. The van der Waals surface area contributed by atoms with Gasteiger partial charge in [0.1, 0.15) is 6.61 Å². The molecule has 0 radical (unpaired) electrons. The Morgan fingerprint density at radius 3 is 2.65 bits per heavy atom. The summed E-state index contributed by atoms with van der Waals surface area (Å²) in [5.41, 5.74) is 6.30. The van der Waals surface area contributed by atoms with E-state index in [9.17, 15) is 4.79 Å². The highest BCUT2D eigenvalue weighted by molar-refractivity contribution is 5.66. The summed E-state index contributed by atoms with van der Waals surface area (Å²) in [5.74, 6) is 0.615. The molecule has 0 saturated heterocycles. The van der Waals surface area contributed by atoms with Crippen LogP contribution in [0.1, 0.15) is 25.8 Å². The summed E-state index contributed by atoms with van der Waals surface area (Å²) >= 11 is 0. The van der Waals surface area contributed by atoms with E-state index in [0.717, 1.165) is 18.5 Å². The lowest BCUT2D eigenvalue weighted by atomic mass is 10.1. The van der Waals surface area contributed by atoms with Gasteiger partial charge in [-0.25, -0.2) is 10.2 Å². The number of hydrogen-bond donors (Lipinski definition) is 2. The van der Waals surface area contributed by atoms with Gasteiger partial charge in [0.05, 0.1) is 0 Å². The van der Waals surface area contributed by atoms with E-state index < -0.39 is 6.09 Å². The molecule has 17 heavy (non-hydrogen) atoms. The molecule has 94 valence electrons. The molecule has 0 aliphatic rings. The number of hydrazine groups is 1. The number of carbonyl (C=O) groups excluding carboxylic acids is 1. The van der Waals surface area contributed by atoms with Gasteiger partial charge in [-0.3, -0.25) is 5.43 Å². The summed E-state index contributed by atoms with van der Waals surface area (Å²) in [6.45, 7) is 5.31. The molecule has 0 atom stereocenters. The molecule has 2 N–H and O–H groups in total. The normalized spacial score (nSPS) is 10.3. The van der Waals surface area contributed by atoms with Crippen molar-refractivity contribution in [3.8, 4) is 0 Å². The molecule has 0 aromatic heterocycles. The third kappa shape index (κ3) is 6.58. The van der Waals surface area contributed by atoms with Crippen LogP contribution in [0, 0.1) is 5.92 Å². The van der Waals surface area contributed by atoms with Gasteiger partial charge in [0, 0.05) is 6.54 Å². The lowest BCUT2D eigenvalue weighted by molar-refractivity contribution is 0.134. The van der Waals surface area contributed by atoms with Crippen molar-refractivity contribution in [2.24, 2.45) is 5.92 Å². The Bertz CT molecular complexity index is 325. The number of nitrogens with one attached hydrogen (secondary N) is 2. The first-order valence-corrected chi connectivity index (χ1v) is 5.88. The molecule has 0 saturated carbocycles. The van der Waals surface area contributed by atoms with Crippen LogP contribution >= 0.6 is 0 Å². The van der Waals surface area contributed by atoms with Crippen LogP contribution < -0.4 is 10.9 Å². The predicted octanol–water partition coefficient (Wildman–Crippen LogP) is 2.46. The average Bonchev–Trinajstić information content (AvgIpc) is 2.33. The molecule has 4 heteroatoms. The molecule has 0 spiro atoms. The summed E-state index contributed by atoms with van der Waals surface area (Å²) in [6, 6.07) is 9.59. The monoisotopic (exact) mass is 236 g/mol. The zero-order chi connectivity index (χ0) is 12.5. The highest BCUT2D eigenvalue weighted by atomic mass is 16.6. The molecule has 1 rings (SSSR count). The zero-order valence-electron chi connectivity index (χ0n) is 10.4. The van der Waals surface area contributed by atoms with Crippen molar-refractivity contribution in [3.05, 3.63) is 35.9 Å². The molecule has 0 unspecified atom stereocenters. The van der Waals surface area contributed by atoms with Gasteiger partial charge in [0.25, 0.3) is 0 Å². The standard InChI is InChI=1S/C13H20N2O2/c1-11(2)8-9-14-15-13(16)17-10-12-6-4-3-5-7-12/h3-7,11,14H,8-10H2,1-2H3,(H,15,16). The minimum atomic E-state index is -0.447. The molecule has 1 aromatic carbocycles. The van der Waals surface area contributed by atoms with Gasteiger partial charge in [-0.2, -0.15) is 0 Å². The Morgan fingerprint density at radius 2 is 2.00 bits per heavy atom. The van der Waals surface area contributed by atoms with E-state index in [1.165, 1.54) is 0 Å². The van der Waals surface area contributed by atoms with E-state index in [-0.39, 0.29) is 0 Å². The average molecular weight is 236 g/mol. The third-order valence-corrected chi connectivity index (χ3v) is 2.25. The van der Waals surface area contributed by atoms with Crippen molar-refractivity contribution >= 4 is 6.09 Å². The Hall–Kier alpha value is -1.55. The minimum absolute atomic E-state index is 0.290. The number of ether oxygens (including phenoxy) is 1. The summed E-state index contributed by atoms with van der Waals surface area (Å²) < 4.78 is 5.02. The lowest BCUT2D eigenvalue weighted by Crippen LogP contribution is -2.38. The Balaban J connectivity index is 2.09. The fraction of sp³-hybridized carbons (Fsp3) is 0.462. The van der Waals surface area contributed by atoms with Crippen LogP contribution in [-0.2, 0) is 11.3 Å². The second-order valence-electron chi connectivity index (χ2n) is 4.30. The van der Waals surface area contributed by atoms with Gasteiger partial charge < -0.3 is 4.74 Å². The van der Waals surface area contributed by atoms with E-state index in [4.69, 9.17) is 4.74 Å². The van der Waals surface area contributed by atoms with Crippen molar-refractivity contribution in [1.29, 1.82) is 0 Å². The van der Waals surface area contributed by atoms with Crippen LogP contribution in [0.15, 0.2) is 30.3 Å². The van der Waals surface area contributed by atoms with E-state index in [0.29, 0.717) is 12.5 Å². The first-order chi connectivity index (χ1) is 8.18. The molecule has 1 aromatic rings. The van der Waals surface area contributed by atoms with E-state index in [1.807, 2.05) is 30.3 Å². The maximum absolute atomic E-state index is 11.3. The van der Waals surface area contributed by atoms with Crippen molar-refractivity contribution in [2.75, 3.05) is 6.54 Å². The number of carbonyl (C=O) groups is 1. The summed E-state index contributed by atoms with van der Waals surface area (Å²) in [5, 5.41) is 0. The first-order valence-electron chi connectivity index (χ1n) is 5.88. The topological polar surface area (TPSA) is 50.4 Å². The highest BCUT2D eigenvalue weighted by Crippen LogP contribution is 2.00. The van der Waals surface area contributed by atoms with Gasteiger partial charge >= 0.3 is 6.09 Å². The fourth-order valence-electron chi connectivity index (χ4n) is 1.25. The fourth-order valence-corrected chi connectivity index (χ4v) is 1.25. The highest BCUT2D eigenvalue weighted by Gasteiger charge is 2.01. The van der Waals surface area contributed by atoms with Crippen molar-refractivity contribution < 1.29 is 9.53 Å². The SMILES string of the molecule is CC(C)CCNNC(=O)OCc1ccccc1. The van der Waals surface area contributed by atoms with Gasteiger partial charge in [0.2, 0.25) is 0 Å². The number of amides is 1. The Morgan fingerprint density at radius 1 is 1.29 bits per heavy atom. The predicted molar refractivity (Wildman–Crippen MR) is 67.2 cm³/mol. The molecule has 4 nitrogen and oxygen atoms in total. The molecule has 0 aliphatic heterocycles. The lowest BCUT2D eigenvalue weighted by Gasteiger charge is -2.09. The van der Waals surface area contributed by atoms with E-state index in [1.54, 1.807) is 0 Å². The second kappa shape index (κ2) is 7.68. The van der Waals surface area contributed by atoms with Gasteiger partial charge in [0.15, 0.2) is 0 Å².